The Balaban J connectivity index is 2.51. The van der Waals surface area contributed by atoms with Crippen LogP contribution in [0, 0.1) is 0 Å². The summed E-state index contributed by atoms with van der Waals surface area (Å²) < 4.78 is 7.10. The van der Waals surface area contributed by atoms with E-state index in [-0.39, 0.29) is 0 Å². The van der Waals surface area contributed by atoms with Crippen LogP contribution in [0.4, 0.5) is 0 Å². The summed E-state index contributed by atoms with van der Waals surface area (Å²) >= 11 is 0. The molecule has 0 radical (unpaired) electrons. The highest BCUT2D eigenvalue weighted by molar-refractivity contribution is 5.36. The molecule has 1 atom stereocenters. The van der Waals surface area contributed by atoms with Gasteiger partial charge in [0.1, 0.15) is 5.60 Å². The smallest absolute Gasteiger partial charge is 0.154 e. The third-order valence-electron chi connectivity index (χ3n) is 2.70. The van der Waals surface area contributed by atoms with Crippen molar-refractivity contribution in [3.8, 4) is 0 Å². The minimum Gasteiger partial charge on any atom is -0.372 e. The van der Waals surface area contributed by atoms with E-state index in [1.165, 1.54) is 0 Å². The summed E-state index contributed by atoms with van der Waals surface area (Å²) in [6.45, 7) is 2.33. The van der Waals surface area contributed by atoms with Gasteiger partial charge in [0.2, 0.25) is 0 Å². The van der Waals surface area contributed by atoms with Crippen molar-refractivity contribution in [3.63, 3.8) is 0 Å². The van der Waals surface area contributed by atoms with Gasteiger partial charge >= 0.3 is 0 Å². The summed E-state index contributed by atoms with van der Waals surface area (Å²) in [7, 11) is 1.64. The number of methoxy groups -OCH3 is 1. The second-order valence-electron chi connectivity index (χ2n) is 3.62. The van der Waals surface area contributed by atoms with Crippen LogP contribution in [0.5, 0.6) is 0 Å². The molecule has 5 nitrogen and oxygen atoms in total. The molecule has 0 spiro atoms. The zero-order chi connectivity index (χ0) is 10.9. The molecule has 15 heavy (non-hydrogen) atoms. The molecule has 1 unspecified atom stereocenters. The molecule has 0 aromatic carbocycles. The first kappa shape index (κ1) is 10.1. The maximum atomic E-state index is 5.69. The second-order valence-corrected chi connectivity index (χ2v) is 3.62. The summed E-state index contributed by atoms with van der Waals surface area (Å²) in [5, 5.41) is 4.12. The van der Waals surface area contributed by atoms with Gasteiger partial charge in [0.05, 0.1) is 6.20 Å². The molecule has 2 aromatic rings. The lowest BCUT2D eigenvalue weighted by Crippen LogP contribution is -2.34. The van der Waals surface area contributed by atoms with Crippen molar-refractivity contribution in [1.82, 2.24) is 14.6 Å². The van der Waals surface area contributed by atoms with Gasteiger partial charge in [-0.05, 0) is 6.92 Å². The zero-order valence-electron chi connectivity index (χ0n) is 8.84. The van der Waals surface area contributed by atoms with Gasteiger partial charge in [-0.3, -0.25) is 0 Å². The molecule has 2 heterocycles. The van der Waals surface area contributed by atoms with E-state index in [2.05, 4.69) is 10.1 Å². The number of fused-ring (bicyclic) bond motifs is 1. The van der Waals surface area contributed by atoms with E-state index >= 15 is 0 Å². The largest absolute Gasteiger partial charge is 0.372 e. The summed E-state index contributed by atoms with van der Waals surface area (Å²) in [6, 6.07) is 1.84. The highest BCUT2D eigenvalue weighted by Crippen LogP contribution is 2.22. The van der Waals surface area contributed by atoms with Crippen LogP contribution in [0.15, 0.2) is 24.7 Å². The molecular formula is C10H14N4O. The number of nitrogens with zero attached hydrogens (tertiary/aromatic N) is 3. The van der Waals surface area contributed by atoms with Crippen molar-refractivity contribution in [2.24, 2.45) is 5.73 Å². The molecule has 2 rings (SSSR count). The van der Waals surface area contributed by atoms with Crippen LogP contribution in [0.3, 0.4) is 0 Å². The molecule has 0 bridgehead atoms. The van der Waals surface area contributed by atoms with E-state index in [0.717, 1.165) is 11.2 Å². The monoisotopic (exact) mass is 206 g/mol. The first-order valence-corrected chi connectivity index (χ1v) is 4.75. The molecule has 2 N–H and O–H groups in total. The standard InChI is InChI=1S/C10H14N4O/c1-10(7-11,15-2)8-5-12-9-3-4-13-14(9)6-8/h3-6H,7,11H2,1-2H3. The Kier molecular flexibility index (Phi) is 2.42. The Morgan fingerprint density at radius 2 is 2.40 bits per heavy atom. The second kappa shape index (κ2) is 3.60. The van der Waals surface area contributed by atoms with Crippen LogP contribution in [-0.2, 0) is 10.3 Å². The quantitative estimate of drug-likeness (QED) is 0.796. The number of rotatable bonds is 3. The zero-order valence-corrected chi connectivity index (χ0v) is 8.84. The number of nitrogens with two attached hydrogens (primary N) is 1. The molecule has 0 amide bonds. The third-order valence-corrected chi connectivity index (χ3v) is 2.70. The predicted octanol–water partition coefficient (Wildman–Crippen LogP) is 0.550. The lowest BCUT2D eigenvalue weighted by molar-refractivity contribution is 0.00940. The first-order valence-electron chi connectivity index (χ1n) is 4.75. The molecule has 0 aliphatic heterocycles. The molecule has 5 heteroatoms. The Hall–Kier alpha value is -1.46. The van der Waals surface area contributed by atoms with Crippen molar-refractivity contribution in [2.45, 2.75) is 12.5 Å². The number of hydrogen-bond donors (Lipinski definition) is 1. The number of aromatic nitrogens is 3. The van der Waals surface area contributed by atoms with E-state index in [0.29, 0.717) is 6.54 Å². The molecule has 0 fully saturated rings. The van der Waals surface area contributed by atoms with Crippen LogP contribution in [0.1, 0.15) is 12.5 Å². The average Bonchev–Trinajstić information content (AvgIpc) is 2.74. The normalized spacial score (nSPS) is 15.4. The van der Waals surface area contributed by atoms with Crippen molar-refractivity contribution in [2.75, 3.05) is 13.7 Å². The van der Waals surface area contributed by atoms with Gasteiger partial charge in [-0.1, -0.05) is 0 Å². The van der Waals surface area contributed by atoms with Crippen molar-refractivity contribution >= 4 is 5.65 Å². The van der Waals surface area contributed by atoms with Crippen LogP contribution in [-0.4, -0.2) is 28.3 Å². The molecule has 0 saturated carbocycles. The Bertz CT molecular complexity index is 461. The summed E-state index contributed by atoms with van der Waals surface area (Å²) in [4.78, 5) is 4.27. The minimum absolute atomic E-state index is 0.401. The lowest BCUT2D eigenvalue weighted by Gasteiger charge is -2.26. The van der Waals surface area contributed by atoms with E-state index in [9.17, 15) is 0 Å². The SMILES string of the molecule is COC(C)(CN)c1cnc2ccnn2c1. The first-order chi connectivity index (χ1) is 7.19. The lowest BCUT2D eigenvalue weighted by atomic mass is 9.99. The topological polar surface area (TPSA) is 65.4 Å². The van der Waals surface area contributed by atoms with E-state index < -0.39 is 5.60 Å². The Morgan fingerprint density at radius 3 is 3.07 bits per heavy atom. The van der Waals surface area contributed by atoms with Crippen molar-refractivity contribution < 1.29 is 4.74 Å². The molecular weight excluding hydrogens is 192 g/mol. The van der Waals surface area contributed by atoms with Gasteiger partial charge in [-0.2, -0.15) is 5.10 Å². The molecule has 0 aliphatic carbocycles. The molecule has 80 valence electrons. The van der Waals surface area contributed by atoms with Gasteiger partial charge in [-0.15, -0.1) is 0 Å². The highest BCUT2D eigenvalue weighted by atomic mass is 16.5. The average molecular weight is 206 g/mol. The van der Waals surface area contributed by atoms with Gasteiger partial charge < -0.3 is 10.5 Å². The van der Waals surface area contributed by atoms with Crippen LogP contribution in [0.2, 0.25) is 0 Å². The fraction of sp³-hybridized carbons (Fsp3) is 0.400. The van der Waals surface area contributed by atoms with E-state index in [1.807, 2.05) is 19.2 Å². The van der Waals surface area contributed by atoms with Crippen LogP contribution in [0.25, 0.3) is 5.65 Å². The van der Waals surface area contributed by atoms with Crippen molar-refractivity contribution in [3.05, 3.63) is 30.2 Å². The fourth-order valence-electron chi connectivity index (χ4n) is 1.40. The summed E-state index contributed by atoms with van der Waals surface area (Å²) in [5.74, 6) is 0. The summed E-state index contributed by atoms with van der Waals surface area (Å²) in [5.41, 5.74) is 6.91. The number of ether oxygens (including phenoxy) is 1. The van der Waals surface area contributed by atoms with Gasteiger partial charge in [-0.25, -0.2) is 9.50 Å². The van der Waals surface area contributed by atoms with Crippen molar-refractivity contribution in [1.29, 1.82) is 0 Å². The third kappa shape index (κ3) is 1.60. The molecule has 0 aliphatic rings. The van der Waals surface area contributed by atoms with Crippen LogP contribution >= 0.6 is 0 Å². The van der Waals surface area contributed by atoms with Gasteiger partial charge in [0.25, 0.3) is 0 Å². The predicted molar refractivity (Wildman–Crippen MR) is 56.4 cm³/mol. The van der Waals surface area contributed by atoms with E-state index in [1.54, 1.807) is 24.0 Å². The molecule has 0 saturated heterocycles. The van der Waals surface area contributed by atoms with Crippen LogP contribution < -0.4 is 5.73 Å². The van der Waals surface area contributed by atoms with Gasteiger partial charge in [0.15, 0.2) is 5.65 Å². The molecule has 2 aromatic heterocycles. The Labute approximate surface area is 87.9 Å². The minimum atomic E-state index is -0.507. The van der Waals surface area contributed by atoms with Gasteiger partial charge in [0, 0.05) is 37.7 Å². The fourth-order valence-corrected chi connectivity index (χ4v) is 1.40. The Morgan fingerprint density at radius 1 is 1.60 bits per heavy atom. The highest BCUT2D eigenvalue weighted by Gasteiger charge is 2.25. The number of hydrogen-bond acceptors (Lipinski definition) is 4. The maximum absolute atomic E-state index is 5.69. The summed E-state index contributed by atoms with van der Waals surface area (Å²) in [6.07, 6.45) is 5.37. The van der Waals surface area contributed by atoms with E-state index in [4.69, 9.17) is 10.5 Å². The maximum Gasteiger partial charge on any atom is 0.154 e.